The zero-order chi connectivity index (χ0) is 16.2. The first-order chi connectivity index (χ1) is 11.1. The molecule has 4 heteroatoms. The summed E-state index contributed by atoms with van der Waals surface area (Å²) in [6.07, 6.45) is 5.48. The topological polar surface area (TPSA) is 9.72 Å². The van der Waals surface area contributed by atoms with Gasteiger partial charge in [-0.3, -0.25) is 9.80 Å². The van der Waals surface area contributed by atoms with Gasteiger partial charge in [0.1, 0.15) is 0 Å². The quantitative estimate of drug-likeness (QED) is 0.788. The minimum absolute atomic E-state index is 0.714. The standard InChI is InChI=1S/C19H33N3S/c1-16(20(2)3)18-6-10-22(11-7-18)14-19-12-17(15-23-19)13-21-8-4-5-9-21/h12,15-16,18H,4-11,13-14H2,1-3H3/t16-/m1/s1. The van der Waals surface area contributed by atoms with Gasteiger partial charge in [0.25, 0.3) is 0 Å². The zero-order valence-electron chi connectivity index (χ0n) is 15.1. The van der Waals surface area contributed by atoms with E-state index < -0.39 is 0 Å². The normalized spacial score (nSPS) is 23.0. The minimum atomic E-state index is 0.714. The Kier molecular flexibility index (Phi) is 6.13. The molecule has 1 aromatic rings. The molecule has 0 amide bonds. The Hall–Kier alpha value is -0.420. The molecule has 130 valence electrons. The average molecular weight is 336 g/mol. The van der Waals surface area contributed by atoms with Crippen LogP contribution in [0.5, 0.6) is 0 Å². The maximum Gasteiger partial charge on any atom is 0.0328 e. The van der Waals surface area contributed by atoms with Crippen molar-refractivity contribution < 1.29 is 0 Å². The third-order valence-corrected chi connectivity index (χ3v) is 6.79. The summed E-state index contributed by atoms with van der Waals surface area (Å²) in [5, 5.41) is 2.38. The average Bonchev–Trinajstić information content (AvgIpc) is 3.20. The number of hydrogen-bond acceptors (Lipinski definition) is 4. The largest absolute Gasteiger partial charge is 0.306 e. The Morgan fingerprint density at radius 3 is 2.39 bits per heavy atom. The molecule has 0 aromatic carbocycles. The van der Waals surface area contributed by atoms with Crippen molar-refractivity contribution in [2.24, 2.45) is 5.92 Å². The Balaban J connectivity index is 1.44. The molecule has 1 aromatic heterocycles. The second-order valence-electron chi connectivity index (χ2n) is 7.72. The first-order valence-corrected chi connectivity index (χ1v) is 10.2. The van der Waals surface area contributed by atoms with Gasteiger partial charge in [-0.05, 0) is 95.8 Å². The predicted octanol–water partition coefficient (Wildman–Crippen LogP) is 3.51. The van der Waals surface area contributed by atoms with Crippen LogP contribution in [-0.2, 0) is 13.1 Å². The summed E-state index contributed by atoms with van der Waals surface area (Å²) in [7, 11) is 4.43. The van der Waals surface area contributed by atoms with Gasteiger partial charge in [0.15, 0.2) is 0 Å². The molecule has 2 fully saturated rings. The number of hydrogen-bond donors (Lipinski definition) is 0. The molecule has 0 radical (unpaired) electrons. The molecule has 0 bridgehead atoms. The van der Waals surface area contributed by atoms with Crippen molar-refractivity contribution in [2.75, 3.05) is 40.3 Å². The van der Waals surface area contributed by atoms with E-state index in [2.05, 4.69) is 47.2 Å². The molecule has 2 aliphatic rings. The van der Waals surface area contributed by atoms with Crippen LogP contribution in [0.15, 0.2) is 11.4 Å². The van der Waals surface area contributed by atoms with Crippen molar-refractivity contribution in [3.05, 3.63) is 21.9 Å². The highest BCUT2D eigenvalue weighted by Crippen LogP contribution is 2.26. The van der Waals surface area contributed by atoms with E-state index in [1.165, 1.54) is 64.0 Å². The van der Waals surface area contributed by atoms with Crippen LogP contribution in [0, 0.1) is 5.92 Å². The van der Waals surface area contributed by atoms with Gasteiger partial charge in [-0.1, -0.05) is 0 Å². The number of rotatable bonds is 6. The molecule has 0 saturated carbocycles. The van der Waals surface area contributed by atoms with E-state index in [9.17, 15) is 0 Å². The van der Waals surface area contributed by atoms with E-state index in [4.69, 9.17) is 0 Å². The second kappa shape index (κ2) is 8.11. The second-order valence-corrected chi connectivity index (χ2v) is 8.72. The number of piperidine rings is 1. The van der Waals surface area contributed by atoms with Gasteiger partial charge >= 0.3 is 0 Å². The van der Waals surface area contributed by atoms with Gasteiger partial charge in [-0.25, -0.2) is 0 Å². The van der Waals surface area contributed by atoms with E-state index in [1.54, 1.807) is 4.88 Å². The van der Waals surface area contributed by atoms with Crippen molar-refractivity contribution in [3.8, 4) is 0 Å². The smallest absolute Gasteiger partial charge is 0.0328 e. The molecule has 3 rings (SSSR count). The van der Waals surface area contributed by atoms with Crippen molar-refractivity contribution in [1.82, 2.24) is 14.7 Å². The van der Waals surface area contributed by atoms with Crippen molar-refractivity contribution >= 4 is 11.3 Å². The van der Waals surface area contributed by atoms with Crippen molar-refractivity contribution in [3.63, 3.8) is 0 Å². The lowest BCUT2D eigenvalue weighted by molar-refractivity contribution is 0.122. The van der Waals surface area contributed by atoms with Crippen LogP contribution in [0.2, 0.25) is 0 Å². The fraction of sp³-hybridized carbons (Fsp3) is 0.789. The summed E-state index contributed by atoms with van der Waals surface area (Å²) in [4.78, 5) is 9.19. The van der Waals surface area contributed by atoms with Crippen LogP contribution in [0.1, 0.15) is 43.0 Å². The summed E-state index contributed by atoms with van der Waals surface area (Å²) < 4.78 is 0. The Bertz CT molecular complexity index is 471. The van der Waals surface area contributed by atoms with Gasteiger partial charge in [-0.2, -0.15) is 0 Å². The first kappa shape index (κ1) is 17.4. The minimum Gasteiger partial charge on any atom is -0.306 e. The third kappa shape index (κ3) is 4.79. The maximum atomic E-state index is 2.66. The van der Waals surface area contributed by atoms with Gasteiger partial charge in [0.2, 0.25) is 0 Å². The van der Waals surface area contributed by atoms with Gasteiger partial charge < -0.3 is 4.90 Å². The fourth-order valence-corrected chi connectivity index (χ4v) is 4.95. The van der Waals surface area contributed by atoms with Crippen molar-refractivity contribution in [1.29, 1.82) is 0 Å². The highest BCUT2D eigenvalue weighted by Gasteiger charge is 2.25. The summed E-state index contributed by atoms with van der Waals surface area (Å²) in [6, 6.07) is 3.17. The molecule has 2 aliphatic heterocycles. The highest BCUT2D eigenvalue weighted by molar-refractivity contribution is 7.10. The molecule has 23 heavy (non-hydrogen) atoms. The number of thiophene rings is 1. The zero-order valence-corrected chi connectivity index (χ0v) is 15.9. The molecule has 0 spiro atoms. The summed E-state index contributed by atoms with van der Waals surface area (Å²) in [5.74, 6) is 0.871. The summed E-state index contributed by atoms with van der Waals surface area (Å²) in [6.45, 7) is 9.83. The van der Waals surface area contributed by atoms with E-state index in [-0.39, 0.29) is 0 Å². The van der Waals surface area contributed by atoms with Gasteiger partial charge in [-0.15, -0.1) is 11.3 Å². The lowest BCUT2D eigenvalue weighted by Crippen LogP contribution is -2.41. The van der Waals surface area contributed by atoms with Crippen LogP contribution < -0.4 is 0 Å². The summed E-state index contributed by atoms with van der Waals surface area (Å²) >= 11 is 1.96. The molecule has 0 unspecified atom stereocenters. The molecule has 0 aliphatic carbocycles. The molecule has 0 N–H and O–H groups in total. The first-order valence-electron chi connectivity index (χ1n) is 9.29. The predicted molar refractivity (Wildman–Crippen MR) is 100.0 cm³/mol. The van der Waals surface area contributed by atoms with E-state index in [1.807, 2.05) is 11.3 Å². The molecular weight excluding hydrogens is 302 g/mol. The monoisotopic (exact) mass is 335 g/mol. The third-order valence-electron chi connectivity index (χ3n) is 5.82. The van der Waals surface area contributed by atoms with E-state index in [0.29, 0.717) is 6.04 Å². The number of nitrogens with zero attached hydrogens (tertiary/aromatic N) is 3. The van der Waals surface area contributed by atoms with Crippen LogP contribution >= 0.6 is 11.3 Å². The molecule has 3 nitrogen and oxygen atoms in total. The lowest BCUT2D eigenvalue weighted by Gasteiger charge is -2.37. The Labute approximate surface area is 146 Å². The molecular formula is C19H33N3S. The molecule has 2 saturated heterocycles. The van der Waals surface area contributed by atoms with Crippen LogP contribution in [-0.4, -0.2) is 61.0 Å². The maximum absolute atomic E-state index is 2.66. The number of likely N-dealkylation sites (tertiary alicyclic amines) is 2. The van der Waals surface area contributed by atoms with E-state index >= 15 is 0 Å². The fourth-order valence-electron chi connectivity index (χ4n) is 4.03. The van der Waals surface area contributed by atoms with E-state index in [0.717, 1.165) is 12.5 Å². The van der Waals surface area contributed by atoms with Crippen molar-refractivity contribution in [2.45, 2.75) is 51.7 Å². The SMILES string of the molecule is C[C@H](C1CCN(Cc2cc(CN3CCCC3)cs2)CC1)N(C)C. The van der Waals surface area contributed by atoms with Gasteiger partial charge in [0.05, 0.1) is 0 Å². The molecule has 1 atom stereocenters. The van der Waals surface area contributed by atoms with Crippen LogP contribution in [0.3, 0.4) is 0 Å². The lowest BCUT2D eigenvalue weighted by atomic mass is 9.90. The summed E-state index contributed by atoms with van der Waals surface area (Å²) in [5.41, 5.74) is 1.53. The van der Waals surface area contributed by atoms with Crippen LogP contribution in [0.25, 0.3) is 0 Å². The highest BCUT2D eigenvalue weighted by atomic mass is 32.1. The Morgan fingerprint density at radius 1 is 1.09 bits per heavy atom. The van der Waals surface area contributed by atoms with Gasteiger partial charge in [0, 0.05) is 24.0 Å². The van der Waals surface area contributed by atoms with Crippen LogP contribution in [0.4, 0.5) is 0 Å². The Morgan fingerprint density at radius 2 is 1.74 bits per heavy atom. The molecule has 3 heterocycles.